The molecule has 9 heteroatoms. The molecule has 0 radical (unpaired) electrons. The van der Waals surface area contributed by atoms with Gasteiger partial charge in [-0.15, -0.1) is 0 Å². The molecule has 0 aliphatic carbocycles. The van der Waals surface area contributed by atoms with Crippen molar-refractivity contribution in [3.8, 4) is 6.07 Å². The van der Waals surface area contributed by atoms with E-state index in [-0.39, 0.29) is 0 Å². The monoisotopic (exact) mass is 424 g/mol. The molecule has 0 amide bonds. The van der Waals surface area contributed by atoms with Gasteiger partial charge in [0.2, 0.25) is 0 Å². The van der Waals surface area contributed by atoms with Crippen LogP contribution in [0.3, 0.4) is 0 Å². The fourth-order valence-corrected chi connectivity index (χ4v) is 3.60. The first-order valence-electron chi connectivity index (χ1n) is 9.70. The van der Waals surface area contributed by atoms with Crippen molar-refractivity contribution in [2.45, 2.75) is 32.6 Å². The molecule has 0 saturated heterocycles. The van der Waals surface area contributed by atoms with Crippen molar-refractivity contribution in [2.24, 2.45) is 0 Å². The minimum atomic E-state index is -4.46. The third kappa shape index (κ3) is 4.43. The molecule has 1 aliphatic rings. The number of alkyl halides is 3. The number of fused-ring (bicyclic) bond motifs is 1. The van der Waals surface area contributed by atoms with Crippen molar-refractivity contribution < 1.29 is 13.2 Å². The SMILES string of the molecule is Cc1nc(C(F)(F)F)ccc1CNc1ncnc2c1CN(c1cccc(C#N)c1)CC2. The number of pyridine rings is 1. The first-order valence-corrected chi connectivity index (χ1v) is 9.70. The number of rotatable bonds is 4. The van der Waals surface area contributed by atoms with Gasteiger partial charge in [-0.25, -0.2) is 15.0 Å². The molecular formula is C22H19F3N6. The number of benzene rings is 1. The third-order valence-electron chi connectivity index (χ3n) is 5.27. The Morgan fingerprint density at radius 3 is 2.77 bits per heavy atom. The van der Waals surface area contributed by atoms with Gasteiger partial charge in [0.1, 0.15) is 17.8 Å². The Balaban J connectivity index is 1.54. The van der Waals surface area contributed by atoms with Crippen LogP contribution in [0.1, 0.15) is 33.8 Å². The molecule has 2 aromatic heterocycles. The number of aryl methyl sites for hydroxylation is 1. The van der Waals surface area contributed by atoms with Gasteiger partial charge in [-0.2, -0.15) is 18.4 Å². The number of hydrogen-bond donors (Lipinski definition) is 1. The van der Waals surface area contributed by atoms with Gasteiger partial charge in [0.05, 0.1) is 17.3 Å². The van der Waals surface area contributed by atoms with Crippen LogP contribution in [0.25, 0.3) is 0 Å². The summed E-state index contributed by atoms with van der Waals surface area (Å²) in [6, 6.07) is 12.0. The van der Waals surface area contributed by atoms with E-state index in [2.05, 4.69) is 31.2 Å². The summed E-state index contributed by atoms with van der Waals surface area (Å²) in [6.07, 6.45) is -2.25. The molecule has 6 nitrogen and oxygen atoms in total. The summed E-state index contributed by atoms with van der Waals surface area (Å²) in [6.45, 7) is 3.19. The molecular weight excluding hydrogens is 405 g/mol. The van der Waals surface area contributed by atoms with E-state index in [9.17, 15) is 13.2 Å². The summed E-state index contributed by atoms with van der Waals surface area (Å²) in [7, 11) is 0. The molecule has 0 unspecified atom stereocenters. The van der Waals surface area contributed by atoms with E-state index in [4.69, 9.17) is 5.26 Å². The minimum absolute atomic E-state index is 0.296. The van der Waals surface area contributed by atoms with Crippen LogP contribution in [0.4, 0.5) is 24.7 Å². The largest absolute Gasteiger partial charge is 0.433 e. The lowest BCUT2D eigenvalue weighted by molar-refractivity contribution is -0.141. The van der Waals surface area contributed by atoms with Gasteiger partial charge in [-0.05, 0) is 36.8 Å². The van der Waals surface area contributed by atoms with Crippen molar-refractivity contribution >= 4 is 11.5 Å². The van der Waals surface area contributed by atoms with Gasteiger partial charge in [-0.1, -0.05) is 12.1 Å². The third-order valence-corrected chi connectivity index (χ3v) is 5.27. The summed E-state index contributed by atoms with van der Waals surface area (Å²) in [5, 5.41) is 12.4. The predicted octanol–water partition coefficient (Wildman–Crippen LogP) is 4.25. The molecule has 0 fully saturated rings. The van der Waals surface area contributed by atoms with Crippen LogP contribution >= 0.6 is 0 Å². The lowest BCUT2D eigenvalue weighted by Crippen LogP contribution is -2.32. The maximum absolute atomic E-state index is 12.8. The highest BCUT2D eigenvalue weighted by molar-refractivity contribution is 5.56. The molecule has 0 atom stereocenters. The smallest absolute Gasteiger partial charge is 0.367 e. The summed E-state index contributed by atoms with van der Waals surface area (Å²) in [5.41, 5.74) is 3.50. The number of anilines is 2. The lowest BCUT2D eigenvalue weighted by atomic mass is 10.0. The van der Waals surface area contributed by atoms with Crippen LogP contribution in [-0.2, 0) is 25.7 Å². The zero-order chi connectivity index (χ0) is 22.0. The van der Waals surface area contributed by atoms with Crippen molar-refractivity contribution in [1.29, 1.82) is 5.26 Å². The molecule has 1 aromatic carbocycles. The maximum atomic E-state index is 12.8. The Kier molecular flexibility index (Phi) is 5.46. The van der Waals surface area contributed by atoms with E-state index >= 15 is 0 Å². The van der Waals surface area contributed by atoms with E-state index in [1.54, 1.807) is 13.0 Å². The first-order chi connectivity index (χ1) is 14.8. The second-order valence-electron chi connectivity index (χ2n) is 7.27. The molecule has 0 spiro atoms. The van der Waals surface area contributed by atoms with Gasteiger partial charge in [0.25, 0.3) is 0 Å². The molecule has 0 bridgehead atoms. The number of halogens is 3. The Bertz CT molecular complexity index is 1150. The van der Waals surface area contributed by atoms with Crippen LogP contribution in [0.5, 0.6) is 0 Å². The lowest BCUT2D eigenvalue weighted by Gasteiger charge is -2.31. The van der Waals surface area contributed by atoms with Crippen molar-refractivity contribution in [2.75, 3.05) is 16.8 Å². The highest BCUT2D eigenvalue weighted by atomic mass is 19.4. The van der Waals surface area contributed by atoms with Crippen molar-refractivity contribution in [1.82, 2.24) is 15.0 Å². The fraction of sp³-hybridized carbons (Fsp3) is 0.273. The predicted molar refractivity (Wildman–Crippen MR) is 109 cm³/mol. The average Bonchev–Trinajstić information content (AvgIpc) is 2.77. The Hall–Kier alpha value is -3.67. The number of nitriles is 1. The Morgan fingerprint density at radius 1 is 1.19 bits per heavy atom. The van der Waals surface area contributed by atoms with Crippen LogP contribution in [0, 0.1) is 18.3 Å². The van der Waals surface area contributed by atoms with Crippen LogP contribution < -0.4 is 10.2 Å². The normalized spacial score (nSPS) is 13.5. The van der Waals surface area contributed by atoms with Gasteiger partial charge >= 0.3 is 6.18 Å². The van der Waals surface area contributed by atoms with Crippen LogP contribution in [0.15, 0.2) is 42.7 Å². The standard InChI is InChI=1S/C22H19F3N6/c1-14-16(5-6-20(30-14)22(23,24)25)11-27-21-18-12-31(8-7-19(18)28-13-29-21)17-4-2-3-15(9-17)10-26/h2-6,9,13H,7-8,11-12H2,1H3,(H,27,28,29). The molecule has 31 heavy (non-hydrogen) atoms. The number of nitrogens with zero attached hydrogens (tertiary/aromatic N) is 5. The zero-order valence-electron chi connectivity index (χ0n) is 16.7. The average molecular weight is 424 g/mol. The summed E-state index contributed by atoms with van der Waals surface area (Å²) in [5.74, 6) is 0.644. The zero-order valence-corrected chi connectivity index (χ0v) is 16.7. The van der Waals surface area contributed by atoms with E-state index in [1.165, 1.54) is 12.4 Å². The summed E-state index contributed by atoms with van der Waals surface area (Å²) >= 11 is 0. The maximum Gasteiger partial charge on any atom is 0.433 e. The first kappa shape index (κ1) is 20.6. The van der Waals surface area contributed by atoms with Gasteiger partial charge in [0, 0.05) is 43.0 Å². The Morgan fingerprint density at radius 2 is 2.03 bits per heavy atom. The number of aromatic nitrogens is 3. The van der Waals surface area contributed by atoms with Crippen LogP contribution in [-0.4, -0.2) is 21.5 Å². The highest BCUT2D eigenvalue weighted by Crippen LogP contribution is 2.30. The van der Waals surface area contributed by atoms with E-state index in [0.717, 1.165) is 36.0 Å². The number of nitrogens with one attached hydrogen (secondary N) is 1. The summed E-state index contributed by atoms with van der Waals surface area (Å²) in [4.78, 5) is 14.6. The highest BCUT2D eigenvalue weighted by Gasteiger charge is 2.32. The van der Waals surface area contributed by atoms with E-state index < -0.39 is 11.9 Å². The topological polar surface area (TPSA) is 77.7 Å². The molecule has 3 heterocycles. The van der Waals surface area contributed by atoms with E-state index in [0.29, 0.717) is 35.7 Å². The van der Waals surface area contributed by atoms with Crippen molar-refractivity contribution in [3.63, 3.8) is 0 Å². The Labute approximate surface area is 177 Å². The number of hydrogen-bond acceptors (Lipinski definition) is 6. The molecule has 158 valence electrons. The fourth-order valence-electron chi connectivity index (χ4n) is 3.60. The minimum Gasteiger partial charge on any atom is -0.367 e. The van der Waals surface area contributed by atoms with Gasteiger partial charge in [-0.3, -0.25) is 0 Å². The van der Waals surface area contributed by atoms with E-state index in [1.807, 2.05) is 18.2 Å². The van der Waals surface area contributed by atoms with Crippen molar-refractivity contribution in [3.05, 3.63) is 76.5 Å². The van der Waals surface area contributed by atoms with Crippen LogP contribution in [0.2, 0.25) is 0 Å². The second kappa shape index (κ2) is 8.22. The quantitative estimate of drug-likeness (QED) is 0.675. The molecule has 1 N–H and O–H groups in total. The molecule has 3 aromatic rings. The molecule has 1 aliphatic heterocycles. The second-order valence-corrected chi connectivity index (χ2v) is 7.27. The molecule has 4 rings (SSSR count). The molecule has 0 saturated carbocycles. The van der Waals surface area contributed by atoms with Gasteiger partial charge in [0.15, 0.2) is 0 Å². The summed E-state index contributed by atoms with van der Waals surface area (Å²) < 4.78 is 38.5. The van der Waals surface area contributed by atoms with Gasteiger partial charge < -0.3 is 10.2 Å².